The molecule has 0 radical (unpaired) electrons. The van der Waals surface area contributed by atoms with Gasteiger partial charge in [0.2, 0.25) is 0 Å². The fourth-order valence-corrected chi connectivity index (χ4v) is 1.84. The number of carbonyl (C=O) groups excluding carboxylic acids is 2. The first-order valence-corrected chi connectivity index (χ1v) is 6.89. The van der Waals surface area contributed by atoms with Crippen LogP contribution < -0.4 is 5.48 Å². The second kappa shape index (κ2) is 7.94. The van der Waals surface area contributed by atoms with Crippen LogP contribution in [0.2, 0.25) is 0 Å². The summed E-state index contributed by atoms with van der Waals surface area (Å²) in [7, 11) is 0. The van der Waals surface area contributed by atoms with E-state index in [9.17, 15) is 18.4 Å². The van der Waals surface area contributed by atoms with Gasteiger partial charge in [-0.15, -0.1) is 0 Å². The molecule has 0 bridgehead atoms. The van der Waals surface area contributed by atoms with Crippen LogP contribution in [0.4, 0.5) is 8.78 Å². The van der Waals surface area contributed by atoms with Crippen LogP contribution in [0.1, 0.15) is 21.5 Å². The Bertz CT molecular complexity index is 812. The van der Waals surface area contributed by atoms with Crippen molar-refractivity contribution in [3.63, 3.8) is 0 Å². The van der Waals surface area contributed by atoms with E-state index in [4.69, 9.17) is 5.21 Å². The maximum Gasteiger partial charge on any atom is 0.267 e. The zero-order valence-electron chi connectivity index (χ0n) is 12.4. The molecule has 0 heterocycles. The lowest BCUT2D eigenvalue weighted by molar-refractivity contribution is -0.124. The first kappa shape index (κ1) is 17.2. The summed E-state index contributed by atoms with van der Waals surface area (Å²) >= 11 is 0. The SMILES string of the molecule is O=C(C=Cc1ccc(C=CC(=O)c2ccc(F)c(F)c2)cc1)NO. The summed E-state index contributed by atoms with van der Waals surface area (Å²) in [5, 5.41) is 8.37. The number of allylic oxidation sites excluding steroid dienone is 1. The largest absolute Gasteiger partial charge is 0.289 e. The molecule has 0 saturated heterocycles. The number of halogens is 2. The Morgan fingerprint density at radius 1 is 0.875 bits per heavy atom. The van der Waals surface area contributed by atoms with Gasteiger partial charge in [-0.05, 0) is 41.5 Å². The van der Waals surface area contributed by atoms with Gasteiger partial charge in [0, 0.05) is 11.6 Å². The summed E-state index contributed by atoms with van der Waals surface area (Å²) in [6.45, 7) is 0. The van der Waals surface area contributed by atoms with E-state index >= 15 is 0 Å². The summed E-state index contributed by atoms with van der Waals surface area (Å²) < 4.78 is 25.9. The predicted octanol–water partition coefficient (Wildman–Crippen LogP) is 3.38. The van der Waals surface area contributed by atoms with Gasteiger partial charge in [-0.3, -0.25) is 14.8 Å². The molecule has 4 nitrogen and oxygen atoms in total. The first-order valence-electron chi connectivity index (χ1n) is 6.89. The third kappa shape index (κ3) is 4.69. The first-order chi connectivity index (χ1) is 11.5. The minimum absolute atomic E-state index is 0.0553. The second-order valence-corrected chi connectivity index (χ2v) is 4.80. The third-order valence-corrected chi connectivity index (χ3v) is 3.11. The molecule has 0 aliphatic heterocycles. The standard InChI is InChI=1S/C18H13F2NO3/c19-15-8-7-14(11-16(15)20)17(22)9-5-12-1-3-13(4-2-12)6-10-18(23)21-24/h1-11,24H,(H,21,23). The van der Waals surface area contributed by atoms with Crippen LogP contribution in [0.3, 0.4) is 0 Å². The van der Waals surface area contributed by atoms with E-state index in [1.54, 1.807) is 24.3 Å². The molecule has 6 heteroatoms. The molecular weight excluding hydrogens is 316 g/mol. The average molecular weight is 329 g/mol. The molecule has 2 N–H and O–H groups in total. The van der Waals surface area contributed by atoms with E-state index in [2.05, 4.69) is 0 Å². The number of hydrogen-bond donors (Lipinski definition) is 2. The predicted molar refractivity (Wildman–Crippen MR) is 85.1 cm³/mol. The number of hydrogen-bond acceptors (Lipinski definition) is 3. The Balaban J connectivity index is 2.06. The molecule has 0 aliphatic carbocycles. The van der Waals surface area contributed by atoms with Gasteiger partial charge in [-0.1, -0.05) is 30.3 Å². The van der Waals surface area contributed by atoms with E-state index in [0.717, 1.165) is 29.3 Å². The number of nitrogens with one attached hydrogen (secondary N) is 1. The number of carbonyl (C=O) groups is 2. The maximum atomic E-state index is 13.1. The van der Waals surface area contributed by atoms with E-state index < -0.39 is 23.3 Å². The Hall–Kier alpha value is -3.12. The van der Waals surface area contributed by atoms with Crippen molar-refractivity contribution < 1.29 is 23.6 Å². The van der Waals surface area contributed by atoms with Gasteiger partial charge in [0.15, 0.2) is 17.4 Å². The molecule has 122 valence electrons. The van der Waals surface area contributed by atoms with Gasteiger partial charge in [0.1, 0.15) is 0 Å². The number of benzene rings is 2. The highest BCUT2D eigenvalue weighted by Crippen LogP contribution is 2.12. The van der Waals surface area contributed by atoms with Gasteiger partial charge in [-0.25, -0.2) is 14.3 Å². The van der Waals surface area contributed by atoms with Crippen molar-refractivity contribution in [2.45, 2.75) is 0 Å². The van der Waals surface area contributed by atoms with Crippen molar-refractivity contribution in [1.82, 2.24) is 5.48 Å². The number of ketones is 1. The Kier molecular flexibility index (Phi) is 5.70. The van der Waals surface area contributed by atoms with Crippen LogP contribution >= 0.6 is 0 Å². The van der Waals surface area contributed by atoms with Crippen molar-refractivity contribution in [1.29, 1.82) is 0 Å². The minimum atomic E-state index is -1.07. The lowest BCUT2D eigenvalue weighted by Gasteiger charge is -1.98. The molecule has 0 unspecified atom stereocenters. The molecule has 24 heavy (non-hydrogen) atoms. The average Bonchev–Trinajstić information content (AvgIpc) is 2.60. The highest BCUT2D eigenvalue weighted by atomic mass is 19.2. The van der Waals surface area contributed by atoms with Gasteiger partial charge in [-0.2, -0.15) is 0 Å². The molecule has 0 spiro atoms. The molecule has 1 amide bonds. The molecule has 0 saturated carbocycles. The quantitative estimate of drug-likeness (QED) is 0.382. The van der Waals surface area contributed by atoms with Gasteiger partial charge >= 0.3 is 0 Å². The molecular formula is C18H13F2NO3. The summed E-state index contributed by atoms with van der Waals surface area (Å²) in [6.07, 6.45) is 5.47. The third-order valence-electron chi connectivity index (χ3n) is 3.11. The van der Waals surface area contributed by atoms with Gasteiger partial charge in [0.05, 0.1) is 0 Å². The van der Waals surface area contributed by atoms with Gasteiger partial charge < -0.3 is 0 Å². The highest BCUT2D eigenvalue weighted by Gasteiger charge is 2.07. The van der Waals surface area contributed by atoms with Crippen LogP contribution in [0.5, 0.6) is 0 Å². The molecule has 2 rings (SSSR count). The van der Waals surface area contributed by atoms with Crippen molar-refractivity contribution in [2.75, 3.05) is 0 Å². The summed E-state index contributed by atoms with van der Waals surface area (Å²) in [5.41, 5.74) is 2.98. The van der Waals surface area contributed by atoms with E-state index in [-0.39, 0.29) is 5.56 Å². The van der Waals surface area contributed by atoms with Crippen molar-refractivity contribution >= 4 is 23.8 Å². The molecule has 0 aliphatic rings. The second-order valence-electron chi connectivity index (χ2n) is 4.80. The fraction of sp³-hybridized carbons (Fsp3) is 0. The van der Waals surface area contributed by atoms with E-state index in [1.807, 2.05) is 0 Å². The molecule has 0 fully saturated rings. The van der Waals surface area contributed by atoms with E-state index in [0.29, 0.717) is 0 Å². The molecule has 0 aromatic heterocycles. The lowest BCUT2D eigenvalue weighted by atomic mass is 10.1. The lowest BCUT2D eigenvalue weighted by Crippen LogP contribution is -2.14. The molecule has 2 aromatic rings. The number of hydroxylamine groups is 1. The Labute approximate surface area is 136 Å². The maximum absolute atomic E-state index is 13.1. The van der Waals surface area contributed by atoms with Crippen LogP contribution in [0, 0.1) is 11.6 Å². The number of amides is 1. The molecule has 2 aromatic carbocycles. The van der Waals surface area contributed by atoms with Crippen LogP contribution in [0.15, 0.2) is 54.6 Å². The van der Waals surface area contributed by atoms with Crippen molar-refractivity contribution in [3.05, 3.63) is 82.9 Å². The van der Waals surface area contributed by atoms with Crippen molar-refractivity contribution in [2.24, 2.45) is 0 Å². The smallest absolute Gasteiger partial charge is 0.267 e. The van der Waals surface area contributed by atoms with Gasteiger partial charge in [0.25, 0.3) is 5.91 Å². The summed E-state index contributed by atoms with van der Waals surface area (Å²) in [5.74, 6) is -3.17. The topological polar surface area (TPSA) is 66.4 Å². The molecule has 0 atom stereocenters. The zero-order chi connectivity index (χ0) is 17.5. The Morgan fingerprint density at radius 3 is 2.00 bits per heavy atom. The monoisotopic (exact) mass is 329 g/mol. The summed E-state index contributed by atoms with van der Waals surface area (Å²) in [4.78, 5) is 22.8. The zero-order valence-corrected chi connectivity index (χ0v) is 12.4. The van der Waals surface area contributed by atoms with Crippen LogP contribution in [0.25, 0.3) is 12.2 Å². The summed E-state index contributed by atoms with van der Waals surface area (Å²) in [6, 6.07) is 9.82. The van der Waals surface area contributed by atoms with Crippen LogP contribution in [-0.4, -0.2) is 16.9 Å². The minimum Gasteiger partial charge on any atom is -0.289 e. The highest BCUT2D eigenvalue weighted by molar-refractivity contribution is 6.06. The van der Waals surface area contributed by atoms with E-state index in [1.165, 1.54) is 29.8 Å². The van der Waals surface area contributed by atoms with Crippen molar-refractivity contribution in [3.8, 4) is 0 Å². The Morgan fingerprint density at radius 2 is 1.46 bits per heavy atom. The normalized spacial score (nSPS) is 11.1. The number of rotatable bonds is 5. The van der Waals surface area contributed by atoms with Crippen LogP contribution in [-0.2, 0) is 4.79 Å². The fourth-order valence-electron chi connectivity index (χ4n) is 1.84.